The van der Waals surface area contributed by atoms with E-state index in [1.165, 1.54) is 36.4 Å². The summed E-state index contributed by atoms with van der Waals surface area (Å²) in [6, 6.07) is 19.3. The number of halogens is 2. The second-order valence-electron chi connectivity index (χ2n) is 18.5. The molecule has 6 heterocycles. The Hall–Kier alpha value is -5.22. The smallest absolute Gasteiger partial charge is 0.454 e. The molecule has 5 unspecified atom stereocenters. The number of nitrogens with zero attached hydrogens (tertiary/aromatic N) is 3. The normalized spacial score (nSPS) is 27.1. The molecule has 348 valence electrons. The molecule has 1 N–H and O–H groups in total. The molecule has 0 spiro atoms. The zero-order chi connectivity index (χ0) is 46.1. The molecule has 1 aromatic heterocycles. The van der Waals surface area contributed by atoms with Gasteiger partial charge in [0, 0.05) is 48.9 Å². The average molecular weight is 945 g/mol. The van der Waals surface area contributed by atoms with Gasteiger partial charge in [0.2, 0.25) is 17.7 Å². The van der Waals surface area contributed by atoms with Gasteiger partial charge in [-0.15, -0.1) is 11.3 Å². The fourth-order valence-electron chi connectivity index (χ4n) is 10.5. The molecule has 2 bridgehead atoms. The number of likely N-dealkylation sites (tertiary alicyclic amines) is 1. The molecule has 66 heavy (non-hydrogen) atoms. The van der Waals surface area contributed by atoms with Gasteiger partial charge in [-0.2, -0.15) is 8.78 Å². The van der Waals surface area contributed by atoms with Gasteiger partial charge in [-0.3, -0.25) is 23.7 Å². The first-order chi connectivity index (χ1) is 31.7. The zero-order valence-electron chi connectivity index (χ0n) is 36.5. The summed E-state index contributed by atoms with van der Waals surface area (Å²) in [6.07, 6.45) is -0.936. The Balaban J connectivity index is 0.867. The summed E-state index contributed by atoms with van der Waals surface area (Å²) in [4.78, 5) is 74.3. The first-order valence-electron chi connectivity index (χ1n) is 22.7. The average Bonchev–Trinajstić information content (AvgIpc) is 4.06. The molecule has 11 rings (SSSR count). The summed E-state index contributed by atoms with van der Waals surface area (Å²) in [7, 11) is -5.63. The molecular weight excluding hydrogens is 894 g/mol. The predicted molar refractivity (Wildman–Crippen MR) is 238 cm³/mol. The number of alkyl halides is 2. The second-order valence-corrected chi connectivity index (χ2v) is 21.6. The molecule has 2 saturated carbocycles. The van der Waals surface area contributed by atoms with Crippen LogP contribution in [0.2, 0.25) is 0 Å². The van der Waals surface area contributed by atoms with Crippen LogP contribution >= 0.6 is 18.9 Å². The van der Waals surface area contributed by atoms with Crippen LogP contribution < -0.4 is 9.84 Å². The minimum Gasteiger partial charge on any atom is -0.461 e. The lowest BCUT2D eigenvalue weighted by molar-refractivity contribution is -0.157. The minimum absolute atomic E-state index is 0.0200. The Morgan fingerprint density at radius 3 is 2.29 bits per heavy atom. The third kappa shape index (κ3) is 8.30. The molecule has 18 heteroatoms. The topological polar surface area (TPSA) is 161 Å². The van der Waals surface area contributed by atoms with Gasteiger partial charge in [0.1, 0.15) is 17.8 Å². The van der Waals surface area contributed by atoms with Crippen LogP contribution in [0.25, 0.3) is 10.1 Å². The Labute approximate surface area is 384 Å². The van der Waals surface area contributed by atoms with Gasteiger partial charge in [-0.05, 0) is 98.1 Å². The van der Waals surface area contributed by atoms with E-state index in [-0.39, 0.29) is 52.1 Å². The highest BCUT2D eigenvalue weighted by Gasteiger charge is 2.77. The van der Waals surface area contributed by atoms with E-state index in [0.29, 0.717) is 92.6 Å². The number of morpholine rings is 1. The lowest BCUT2D eigenvalue weighted by Gasteiger charge is -2.44. The summed E-state index contributed by atoms with van der Waals surface area (Å²) in [5.74, 6) is -0.864. The van der Waals surface area contributed by atoms with Gasteiger partial charge in [-0.1, -0.05) is 54.6 Å². The van der Waals surface area contributed by atoms with Crippen molar-refractivity contribution in [2.75, 3.05) is 39.4 Å². The first-order valence-corrected chi connectivity index (χ1v) is 25.0. The molecule has 7 aliphatic rings. The number of carbonyl (C=O) groups is 5. The van der Waals surface area contributed by atoms with Crippen LogP contribution in [0.4, 0.5) is 8.78 Å². The number of carbonyl (C=O) groups excluding carboxylic acids is 5. The van der Waals surface area contributed by atoms with Crippen molar-refractivity contribution in [3.63, 3.8) is 0 Å². The van der Waals surface area contributed by atoms with E-state index in [1.807, 2.05) is 0 Å². The molecule has 0 radical (unpaired) electrons. The van der Waals surface area contributed by atoms with Gasteiger partial charge >= 0.3 is 19.2 Å². The predicted octanol–water partition coefficient (Wildman–Crippen LogP) is 6.47. The van der Waals surface area contributed by atoms with Crippen LogP contribution in [-0.4, -0.2) is 114 Å². The van der Waals surface area contributed by atoms with E-state index < -0.39 is 55.0 Å². The van der Waals surface area contributed by atoms with Crippen molar-refractivity contribution in [3.05, 3.63) is 101 Å². The quantitative estimate of drug-likeness (QED) is 0.110. The monoisotopic (exact) mass is 944 g/mol. The van der Waals surface area contributed by atoms with Crippen molar-refractivity contribution in [1.82, 2.24) is 20.0 Å². The molecule has 9 atom stereocenters. The molecule has 14 nitrogen and oxygen atoms in total. The molecule has 3 aromatic carbocycles. The van der Waals surface area contributed by atoms with Crippen molar-refractivity contribution in [2.45, 2.75) is 75.5 Å². The molecule has 4 amide bonds. The van der Waals surface area contributed by atoms with E-state index in [9.17, 15) is 28.5 Å². The molecule has 7 fully saturated rings. The maximum atomic E-state index is 17.0. The van der Waals surface area contributed by atoms with Gasteiger partial charge < -0.3 is 34.0 Å². The van der Waals surface area contributed by atoms with E-state index in [0.717, 1.165) is 23.5 Å². The van der Waals surface area contributed by atoms with Crippen molar-refractivity contribution < 1.29 is 55.8 Å². The molecular formula is C48H51F2N4O10PS. The number of ether oxygens (including phenoxy) is 2. The Morgan fingerprint density at radius 1 is 0.894 bits per heavy atom. The Morgan fingerprint density at radius 2 is 1.59 bits per heavy atom. The van der Waals surface area contributed by atoms with Crippen LogP contribution in [0.5, 0.6) is 5.75 Å². The number of fused-ring (bicyclic) bond motifs is 3. The van der Waals surface area contributed by atoms with Gasteiger partial charge in [0.15, 0.2) is 6.10 Å². The van der Waals surface area contributed by atoms with Crippen LogP contribution in [-0.2, 0) is 49.8 Å². The molecule has 5 saturated heterocycles. The minimum atomic E-state index is -5.63. The standard InChI is InChI=1S/C48H51F2N4O10PS/c1-27(2)62-47(59)37(21-28-9-5-3-6-10-28)64-65(60,63-32-11-7-4-8-12-32)48(49,50)31-13-16-38-29(22-31)23-39(66-38)43(55)51-34-24-33-40-41(33)42(40)35-14-15-36(54(35)45(34)57)46(58)53-25-30(26-53)44(56)52-17-19-61-20-18-52/h3-13,16,22-23,27,30,33-37,40-42H,14-15,17-21,24-26H2,1-2H3,(H,51,55)/t33?,34?,35-,36+,37+,40-,41?,42?,65?/m1/s1. The maximum absolute atomic E-state index is 17.0. The Kier molecular flexibility index (Phi) is 11.8. The van der Waals surface area contributed by atoms with Crippen molar-refractivity contribution in [1.29, 1.82) is 0 Å². The third-order valence-electron chi connectivity index (χ3n) is 14.0. The zero-order valence-corrected chi connectivity index (χ0v) is 38.2. The second kappa shape index (κ2) is 17.5. The van der Waals surface area contributed by atoms with Crippen molar-refractivity contribution in [2.24, 2.45) is 29.6 Å². The lowest BCUT2D eigenvalue weighted by Crippen LogP contribution is -2.63. The first kappa shape index (κ1) is 44.6. The van der Waals surface area contributed by atoms with Gasteiger partial charge in [0.25, 0.3) is 5.91 Å². The van der Waals surface area contributed by atoms with Gasteiger partial charge in [-0.25, -0.2) is 9.36 Å². The number of hydrogen-bond acceptors (Lipinski definition) is 11. The third-order valence-corrected chi connectivity index (χ3v) is 17.0. The molecule has 4 aromatic rings. The number of thiophene rings is 1. The number of hydrogen-bond donors (Lipinski definition) is 1. The lowest BCUT2D eigenvalue weighted by atomic mass is 9.88. The highest BCUT2D eigenvalue weighted by molar-refractivity contribution is 7.55. The number of esters is 1. The summed E-state index contributed by atoms with van der Waals surface area (Å²) < 4.78 is 71.3. The summed E-state index contributed by atoms with van der Waals surface area (Å²) >= 11 is 1.05. The Bertz CT molecular complexity index is 2580. The van der Waals surface area contributed by atoms with Crippen LogP contribution in [0.3, 0.4) is 0 Å². The number of benzene rings is 3. The molecule has 5 aliphatic heterocycles. The van der Waals surface area contributed by atoms with E-state index in [4.69, 9.17) is 18.5 Å². The number of nitrogens with one attached hydrogen (secondary N) is 1. The fraction of sp³-hybridized carbons (Fsp3) is 0.479. The van der Waals surface area contributed by atoms with Crippen LogP contribution in [0.1, 0.15) is 53.9 Å². The highest BCUT2D eigenvalue weighted by atomic mass is 32.1. The number of rotatable bonds is 14. The summed E-state index contributed by atoms with van der Waals surface area (Å²) in [6.45, 7) is 5.86. The van der Waals surface area contributed by atoms with Crippen LogP contribution in [0, 0.1) is 29.6 Å². The van der Waals surface area contributed by atoms with Gasteiger partial charge in [0.05, 0.1) is 30.1 Å². The van der Waals surface area contributed by atoms with Crippen molar-refractivity contribution >= 4 is 58.6 Å². The maximum Gasteiger partial charge on any atom is 0.454 e. The summed E-state index contributed by atoms with van der Waals surface area (Å²) in [5.41, 5.74) is -4.50. The van der Waals surface area contributed by atoms with Crippen molar-refractivity contribution in [3.8, 4) is 5.75 Å². The number of amides is 4. The summed E-state index contributed by atoms with van der Waals surface area (Å²) in [5, 5.41) is 3.19. The number of para-hydroxylation sites is 1. The van der Waals surface area contributed by atoms with E-state index >= 15 is 8.78 Å². The van der Waals surface area contributed by atoms with Crippen LogP contribution in [0.15, 0.2) is 84.9 Å². The molecule has 2 aliphatic carbocycles. The SMILES string of the molecule is CC(C)OC(=O)[C@H](Cc1ccccc1)OP(=O)(Oc1ccccc1)C(F)(F)c1ccc2sc(C(=O)NC3CC4C5C([C@H]45)[C@H]4CC[C@@H](C(=O)N5CC(C(=O)N6CCOCC6)C5)N4C3=O)cc2c1. The van der Waals surface area contributed by atoms with E-state index in [1.54, 1.807) is 64.9 Å². The fourth-order valence-corrected chi connectivity index (χ4v) is 13.1. The largest absolute Gasteiger partial charge is 0.461 e. The highest BCUT2D eigenvalue weighted by Crippen LogP contribution is 2.77. The van der Waals surface area contributed by atoms with E-state index in [2.05, 4.69) is 5.32 Å².